The summed E-state index contributed by atoms with van der Waals surface area (Å²) in [5.74, 6) is 0. The molecule has 0 spiro atoms. The second-order valence-corrected chi connectivity index (χ2v) is 5.63. The van der Waals surface area contributed by atoms with Gasteiger partial charge in [0.1, 0.15) is 0 Å². The van der Waals surface area contributed by atoms with Gasteiger partial charge in [0.2, 0.25) is 0 Å². The standard InChI is InChI=1S/C16H18BrNO/c1-12-4-3-5-13(8-12)10-18(2)15-7-6-14(11-19)16(17)9-15/h3-9,19H,10-11H2,1-2H3. The third kappa shape index (κ3) is 3.58. The van der Waals surface area contributed by atoms with Gasteiger partial charge in [0, 0.05) is 23.8 Å². The van der Waals surface area contributed by atoms with Crippen molar-refractivity contribution in [2.75, 3.05) is 11.9 Å². The molecule has 0 aliphatic heterocycles. The van der Waals surface area contributed by atoms with E-state index in [0.29, 0.717) is 0 Å². The number of anilines is 1. The molecule has 0 atom stereocenters. The number of halogens is 1. The number of rotatable bonds is 4. The zero-order chi connectivity index (χ0) is 13.8. The van der Waals surface area contributed by atoms with E-state index in [1.54, 1.807) is 0 Å². The molecule has 1 N–H and O–H groups in total. The lowest BCUT2D eigenvalue weighted by Crippen LogP contribution is -2.16. The average Bonchev–Trinajstić information content (AvgIpc) is 2.38. The molecule has 19 heavy (non-hydrogen) atoms. The van der Waals surface area contributed by atoms with Gasteiger partial charge in [-0.15, -0.1) is 0 Å². The van der Waals surface area contributed by atoms with Gasteiger partial charge in [-0.25, -0.2) is 0 Å². The summed E-state index contributed by atoms with van der Waals surface area (Å²) in [5, 5.41) is 9.17. The largest absolute Gasteiger partial charge is 0.392 e. The first-order valence-electron chi connectivity index (χ1n) is 6.26. The fourth-order valence-corrected chi connectivity index (χ4v) is 2.57. The second-order valence-electron chi connectivity index (χ2n) is 4.78. The smallest absolute Gasteiger partial charge is 0.0692 e. The molecule has 2 aromatic carbocycles. The first-order valence-corrected chi connectivity index (χ1v) is 7.05. The lowest BCUT2D eigenvalue weighted by atomic mass is 10.1. The molecule has 0 amide bonds. The zero-order valence-electron chi connectivity index (χ0n) is 11.2. The number of hydrogen-bond donors (Lipinski definition) is 1. The van der Waals surface area contributed by atoms with Gasteiger partial charge < -0.3 is 10.0 Å². The zero-order valence-corrected chi connectivity index (χ0v) is 12.8. The Morgan fingerprint density at radius 1 is 1.16 bits per heavy atom. The summed E-state index contributed by atoms with van der Waals surface area (Å²) in [6.07, 6.45) is 0. The third-order valence-corrected chi connectivity index (χ3v) is 3.89. The van der Waals surface area contributed by atoms with Gasteiger partial charge in [0.15, 0.2) is 0 Å². The maximum atomic E-state index is 9.17. The Balaban J connectivity index is 2.15. The van der Waals surface area contributed by atoms with Crippen LogP contribution in [-0.2, 0) is 13.2 Å². The van der Waals surface area contributed by atoms with Crippen molar-refractivity contribution in [1.29, 1.82) is 0 Å². The summed E-state index contributed by atoms with van der Waals surface area (Å²) in [4.78, 5) is 2.20. The van der Waals surface area contributed by atoms with Crippen molar-refractivity contribution >= 4 is 21.6 Å². The molecule has 2 rings (SSSR count). The van der Waals surface area contributed by atoms with Crippen molar-refractivity contribution in [3.8, 4) is 0 Å². The Kier molecular flexibility index (Phi) is 4.61. The summed E-state index contributed by atoms with van der Waals surface area (Å²) < 4.78 is 0.948. The number of aryl methyl sites for hydroxylation is 1. The molecule has 0 unspecified atom stereocenters. The molecule has 3 heteroatoms. The Morgan fingerprint density at radius 3 is 2.58 bits per heavy atom. The maximum absolute atomic E-state index is 9.17. The van der Waals surface area contributed by atoms with E-state index < -0.39 is 0 Å². The van der Waals surface area contributed by atoms with Gasteiger partial charge in [-0.1, -0.05) is 51.8 Å². The third-order valence-electron chi connectivity index (χ3n) is 3.15. The second kappa shape index (κ2) is 6.22. The Bertz CT molecular complexity index is 568. The van der Waals surface area contributed by atoms with Crippen molar-refractivity contribution in [3.05, 3.63) is 63.6 Å². The molecule has 0 aliphatic carbocycles. The van der Waals surface area contributed by atoms with Gasteiger partial charge in [-0.2, -0.15) is 0 Å². The molecule has 0 heterocycles. The van der Waals surface area contributed by atoms with Gasteiger partial charge >= 0.3 is 0 Å². The molecule has 0 bridgehead atoms. The normalized spacial score (nSPS) is 10.5. The lowest BCUT2D eigenvalue weighted by molar-refractivity contribution is 0.281. The molecular weight excluding hydrogens is 302 g/mol. The van der Waals surface area contributed by atoms with Gasteiger partial charge in [-0.3, -0.25) is 0 Å². The van der Waals surface area contributed by atoms with Crippen LogP contribution in [0.5, 0.6) is 0 Å². The summed E-state index contributed by atoms with van der Waals surface area (Å²) in [5.41, 5.74) is 4.62. The summed E-state index contributed by atoms with van der Waals surface area (Å²) in [6, 6.07) is 14.6. The van der Waals surface area contributed by atoms with Gasteiger partial charge in [-0.05, 0) is 30.2 Å². The van der Waals surface area contributed by atoms with E-state index in [-0.39, 0.29) is 6.61 Å². The topological polar surface area (TPSA) is 23.5 Å². The number of benzene rings is 2. The number of hydrogen-bond acceptors (Lipinski definition) is 2. The number of aliphatic hydroxyl groups excluding tert-OH is 1. The van der Waals surface area contributed by atoms with Crippen LogP contribution in [0.4, 0.5) is 5.69 Å². The maximum Gasteiger partial charge on any atom is 0.0692 e. The van der Waals surface area contributed by atoms with Crippen LogP contribution in [0.15, 0.2) is 46.9 Å². The van der Waals surface area contributed by atoms with Crippen LogP contribution in [-0.4, -0.2) is 12.2 Å². The molecule has 0 aromatic heterocycles. The molecule has 2 nitrogen and oxygen atoms in total. The van der Waals surface area contributed by atoms with Crippen molar-refractivity contribution < 1.29 is 5.11 Å². The number of aliphatic hydroxyl groups is 1. The fraction of sp³-hybridized carbons (Fsp3) is 0.250. The van der Waals surface area contributed by atoms with Crippen LogP contribution in [0.3, 0.4) is 0 Å². The monoisotopic (exact) mass is 319 g/mol. The van der Waals surface area contributed by atoms with Crippen molar-refractivity contribution in [1.82, 2.24) is 0 Å². The summed E-state index contributed by atoms with van der Waals surface area (Å²) >= 11 is 3.49. The fourth-order valence-electron chi connectivity index (χ4n) is 2.08. The predicted molar refractivity (Wildman–Crippen MR) is 83.4 cm³/mol. The Hall–Kier alpha value is -1.32. The van der Waals surface area contributed by atoms with Crippen molar-refractivity contribution in [3.63, 3.8) is 0 Å². The van der Waals surface area contributed by atoms with E-state index in [9.17, 15) is 5.11 Å². The number of nitrogens with zero attached hydrogens (tertiary/aromatic N) is 1. The van der Waals surface area contributed by atoms with E-state index in [1.807, 2.05) is 18.2 Å². The summed E-state index contributed by atoms with van der Waals surface area (Å²) in [6.45, 7) is 3.03. The minimum Gasteiger partial charge on any atom is -0.392 e. The molecule has 0 saturated carbocycles. The molecule has 0 fully saturated rings. The van der Waals surface area contributed by atoms with E-state index >= 15 is 0 Å². The molecule has 2 aromatic rings. The molecule has 0 aliphatic rings. The van der Waals surface area contributed by atoms with Crippen LogP contribution in [0.2, 0.25) is 0 Å². The molecule has 0 saturated heterocycles. The Morgan fingerprint density at radius 2 is 1.95 bits per heavy atom. The molecule has 0 radical (unpaired) electrons. The first kappa shape index (κ1) is 14.1. The molecular formula is C16H18BrNO. The van der Waals surface area contributed by atoms with E-state index in [4.69, 9.17) is 0 Å². The molecule has 100 valence electrons. The highest BCUT2D eigenvalue weighted by atomic mass is 79.9. The van der Waals surface area contributed by atoms with E-state index in [2.05, 4.69) is 59.1 Å². The predicted octanol–water partition coefficient (Wildman–Crippen LogP) is 3.89. The van der Waals surface area contributed by atoms with E-state index in [1.165, 1.54) is 11.1 Å². The summed E-state index contributed by atoms with van der Waals surface area (Å²) in [7, 11) is 2.07. The van der Waals surface area contributed by atoms with Crippen LogP contribution < -0.4 is 4.90 Å². The van der Waals surface area contributed by atoms with Crippen molar-refractivity contribution in [2.45, 2.75) is 20.1 Å². The van der Waals surface area contributed by atoms with Crippen LogP contribution in [0.25, 0.3) is 0 Å². The minimum absolute atomic E-state index is 0.0580. The Labute approximate surface area is 122 Å². The van der Waals surface area contributed by atoms with Crippen LogP contribution >= 0.6 is 15.9 Å². The van der Waals surface area contributed by atoms with Crippen LogP contribution in [0, 0.1) is 6.92 Å². The minimum atomic E-state index is 0.0580. The highest BCUT2D eigenvalue weighted by molar-refractivity contribution is 9.10. The first-order chi connectivity index (χ1) is 9.10. The average molecular weight is 320 g/mol. The highest BCUT2D eigenvalue weighted by Gasteiger charge is 2.05. The van der Waals surface area contributed by atoms with E-state index in [0.717, 1.165) is 22.3 Å². The van der Waals surface area contributed by atoms with Crippen LogP contribution in [0.1, 0.15) is 16.7 Å². The lowest BCUT2D eigenvalue weighted by Gasteiger charge is -2.20. The van der Waals surface area contributed by atoms with Gasteiger partial charge in [0.25, 0.3) is 0 Å². The quantitative estimate of drug-likeness (QED) is 0.924. The highest BCUT2D eigenvalue weighted by Crippen LogP contribution is 2.24. The van der Waals surface area contributed by atoms with Gasteiger partial charge in [0.05, 0.1) is 6.61 Å². The van der Waals surface area contributed by atoms with Crippen molar-refractivity contribution in [2.24, 2.45) is 0 Å². The SMILES string of the molecule is Cc1cccc(CN(C)c2ccc(CO)c(Br)c2)c1.